The number of benzene rings is 3. The zero-order valence-corrected chi connectivity index (χ0v) is 18.4. The number of hydrogen-bond acceptors (Lipinski definition) is 4. The maximum absolute atomic E-state index is 14.2. The molecule has 5 nitrogen and oxygen atoms in total. The average molecular weight is 435 g/mol. The number of hydrogen-bond donors (Lipinski definition) is 0. The van der Waals surface area contributed by atoms with Crippen LogP contribution < -0.4 is 5.30 Å². The SMILES string of the molecule is COC(=O)[C@@H](Cc1ccccc1)N1CCCOP1(=O)c1ccc(-c2ccccc2)cc1. The van der Waals surface area contributed by atoms with Crippen LogP contribution in [0.15, 0.2) is 84.9 Å². The Labute approximate surface area is 183 Å². The minimum Gasteiger partial charge on any atom is -0.468 e. The molecule has 160 valence electrons. The molecule has 1 unspecified atom stereocenters. The van der Waals surface area contributed by atoms with Crippen LogP contribution in [-0.2, 0) is 25.0 Å². The standard InChI is InChI=1S/C25H26NO4P/c1-29-25(27)24(19-20-9-4-2-5-10-20)26-17-8-18-30-31(26,28)23-15-13-22(14-16-23)21-11-6-3-7-12-21/h2-7,9-16,24H,8,17-19H2,1H3/t24-,31?/m1/s1. The molecule has 0 aromatic heterocycles. The molecule has 31 heavy (non-hydrogen) atoms. The highest BCUT2D eigenvalue weighted by atomic mass is 31.2. The van der Waals surface area contributed by atoms with Gasteiger partial charge < -0.3 is 9.26 Å². The topological polar surface area (TPSA) is 55.8 Å². The van der Waals surface area contributed by atoms with Crippen LogP contribution in [0.5, 0.6) is 0 Å². The van der Waals surface area contributed by atoms with Crippen LogP contribution in [0.3, 0.4) is 0 Å². The van der Waals surface area contributed by atoms with Gasteiger partial charge in [-0.25, -0.2) is 4.67 Å². The predicted octanol–water partition coefficient (Wildman–Crippen LogP) is 4.68. The van der Waals surface area contributed by atoms with Crippen LogP contribution in [0.4, 0.5) is 0 Å². The fourth-order valence-corrected chi connectivity index (χ4v) is 6.38. The second-order valence-electron chi connectivity index (χ2n) is 7.51. The van der Waals surface area contributed by atoms with Gasteiger partial charge in [0.2, 0.25) is 0 Å². The second kappa shape index (κ2) is 9.61. The highest BCUT2D eigenvalue weighted by Crippen LogP contribution is 2.53. The molecule has 1 heterocycles. The molecule has 2 atom stereocenters. The lowest BCUT2D eigenvalue weighted by atomic mass is 10.1. The third-order valence-electron chi connectivity index (χ3n) is 5.54. The van der Waals surface area contributed by atoms with Crippen LogP contribution >= 0.6 is 7.52 Å². The van der Waals surface area contributed by atoms with E-state index in [-0.39, 0.29) is 0 Å². The quantitative estimate of drug-likeness (QED) is 0.416. The first kappa shape index (κ1) is 21.5. The molecular weight excluding hydrogens is 409 g/mol. The molecule has 1 fully saturated rings. The molecule has 3 aromatic rings. The van der Waals surface area contributed by atoms with E-state index in [4.69, 9.17) is 9.26 Å². The zero-order valence-electron chi connectivity index (χ0n) is 17.5. The van der Waals surface area contributed by atoms with Crippen LogP contribution in [0.25, 0.3) is 11.1 Å². The summed E-state index contributed by atoms with van der Waals surface area (Å²) in [4.78, 5) is 12.7. The summed E-state index contributed by atoms with van der Waals surface area (Å²) >= 11 is 0. The van der Waals surface area contributed by atoms with Crippen molar-refractivity contribution in [2.24, 2.45) is 0 Å². The third-order valence-corrected chi connectivity index (χ3v) is 8.18. The Balaban J connectivity index is 1.67. The maximum atomic E-state index is 14.2. The number of ether oxygens (including phenoxy) is 1. The van der Waals surface area contributed by atoms with Gasteiger partial charge in [0.05, 0.1) is 19.0 Å². The van der Waals surface area contributed by atoms with E-state index >= 15 is 0 Å². The van der Waals surface area contributed by atoms with Crippen molar-refractivity contribution in [1.29, 1.82) is 0 Å². The molecule has 4 rings (SSSR count). The van der Waals surface area contributed by atoms with Gasteiger partial charge in [-0.05, 0) is 41.7 Å². The minimum atomic E-state index is -3.42. The average Bonchev–Trinajstić information content (AvgIpc) is 2.84. The molecule has 0 bridgehead atoms. The first-order chi connectivity index (χ1) is 15.1. The number of rotatable bonds is 6. The van der Waals surface area contributed by atoms with Crippen molar-refractivity contribution in [3.63, 3.8) is 0 Å². The summed E-state index contributed by atoms with van der Waals surface area (Å²) in [5.74, 6) is -0.407. The van der Waals surface area contributed by atoms with E-state index in [1.54, 1.807) is 4.67 Å². The number of nitrogens with zero attached hydrogens (tertiary/aromatic N) is 1. The van der Waals surface area contributed by atoms with Crippen molar-refractivity contribution in [1.82, 2.24) is 4.67 Å². The lowest BCUT2D eigenvalue weighted by molar-refractivity contribution is -0.145. The summed E-state index contributed by atoms with van der Waals surface area (Å²) in [6.07, 6.45) is 1.11. The van der Waals surface area contributed by atoms with Gasteiger partial charge in [-0.3, -0.25) is 9.36 Å². The van der Waals surface area contributed by atoms with Gasteiger partial charge in [0.1, 0.15) is 6.04 Å². The smallest absolute Gasteiger partial charge is 0.323 e. The van der Waals surface area contributed by atoms with E-state index in [0.717, 1.165) is 16.7 Å². The summed E-state index contributed by atoms with van der Waals surface area (Å²) in [6, 6.07) is 26.6. The van der Waals surface area contributed by atoms with Crippen LogP contribution in [-0.4, -0.2) is 36.9 Å². The predicted molar refractivity (Wildman–Crippen MR) is 122 cm³/mol. The van der Waals surface area contributed by atoms with Crippen molar-refractivity contribution in [2.75, 3.05) is 20.3 Å². The molecule has 0 amide bonds. The molecule has 1 saturated heterocycles. The fraction of sp³-hybridized carbons (Fsp3) is 0.240. The van der Waals surface area contributed by atoms with Gasteiger partial charge in [0, 0.05) is 6.54 Å². The van der Waals surface area contributed by atoms with Crippen LogP contribution in [0, 0.1) is 0 Å². The van der Waals surface area contributed by atoms with Gasteiger partial charge in [-0.1, -0.05) is 72.8 Å². The summed E-state index contributed by atoms with van der Waals surface area (Å²) in [6.45, 7) is 0.901. The summed E-state index contributed by atoms with van der Waals surface area (Å²) in [5, 5.41) is 0.592. The number of methoxy groups -OCH3 is 1. The van der Waals surface area contributed by atoms with E-state index in [0.29, 0.717) is 31.3 Å². The van der Waals surface area contributed by atoms with E-state index in [1.807, 2.05) is 84.9 Å². The molecule has 0 N–H and O–H groups in total. The van der Waals surface area contributed by atoms with Crippen LogP contribution in [0.2, 0.25) is 0 Å². The van der Waals surface area contributed by atoms with E-state index in [1.165, 1.54) is 7.11 Å². The number of carbonyl (C=O) groups excluding carboxylic acids is 1. The van der Waals surface area contributed by atoms with Crippen molar-refractivity contribution >= 4 is 18.8 Å². The summed E-state index contributed by atoms with van der Waals surface area (Å²) < 4.78 is 26.9. The lowest BCUT2D eigenvalue weighted by Gasteiger charge is -2.39. The third kappa shape index (κ3) is 4.64. The zero-order chi connectivity index (χ0) is 21.7. The van der Waals surface area contributed by atoms with Crippen LogP contribution in [0.1, 0.15) is 12.0 Å². The molecule has 1 aliphatic heterocycles. The van der Waals surface area contributed by atoms with Crippen molar-refractivity contribution in [3.8, 4) is 11.1 Å². The molecule has 1 aliphatic rings. The molecular formula is C25H26NO4P. The molecule has 0 aliphatic carbocycles. The Morgan fingerprint density at radius 1 is 0.968 bits per heavy atom. The first-order valence-electron chi connectivity index (χ1n) is 10.4. The Bertz CT molecular complexity index is 1050. The van der Waals surface area contributed by atoms with Gasteiger partial charge in [-0.2, -0.15) is 0 Å². The molecule has 6 heteroatoms. The first-order valence-corrected chi connectivity index (χ1v) is 12.0. The van der Waals surface area contributed by atoms with Gasteiger partial charge in [0.15, 0.2) is 0 Å². The molecule has 3 aromatic carbocycles. The van der Waals surface area contributed by atoms with Gasteiger partial charge in [-0.15, -0.1) is 0 Å². The largest absolute Gasteiger partial charge is 0.468 e. The summed E-state index contributed by atoms with van der Waals surface area (Å²) in [5.41, 5.74) is 3.10. The normalized spacial score (nSPS) is 20.2. The van der Waals surface area contributed by atoms with Gasteiger partial charge in [0.25, 0.3) is 0 Å². The number of carbonyl (C=O) groups is 1. The minimum absolute atomic E-state index is 0.396. The Morgan fingerprint density at radius 2 is 1.58 bits per heavy atom. The van der Waals surface area contributed by atoms with Crippen molar-refractivity contribution in [2.45, 2.75) is 18.9 Å². The van der Waals surface area contributed by atoms with Crippen molar-refractivity contribution in [3.05, 3.63) is 90.5 Å². The lowest BCUT2D eigenvalue weighted by Crippen LogP contribution is -2.46. The highest BCUT2D eigenvalue weighted by molar-refractivity contribution is 7.64. The monoisotopic (exact) mass is 435 g/mol. The van der Waals surface area contributed by atoms with Crippen molar-refractivity contribution < 1.29 is 18.6 Å². The van der Waals surface area contributed by atoms with Gasteiger partial charge >= 0.3 is 13.5 Å². The van der Waals surface area contributed by atoms with E-state index in [2.05, 4.69) is 0 Å². The summed E-state index contributed by atoms with van der Waals surface area (Å²) in [7, 11) is -2.05. The number of esters is 1. The second-order valence-corrected chi connectivity index (χ2v) is 9.84. The van der Waals surface area contributed by atoms with E-state index in [9.17, 15) is 9.36 Å². The molecule has 0 spiro atoms. The molecule has 0 saturated carbocycles. The Hall–Kier alpha value is -2.72. The molecule has 0 radical (unpaired) electrons. The van der Waals surface area contributed by atoms with E-state index < -0.39 is 19.5 Å². The Kier molecular flexibility index (Phi) is 6.67. The fourth-order valence-electron chi connectivity index (χ4n) is 3.94. The highest BCUT2D eigenvalue weighted by Gasteiger charge is 2.44. The Morgan fingerprint density at radius 3 is 2.23 bits per heavy atom. The maximum Gasteiger partial charge on any atom is 0.323 e.